The molecule has 7 heteroatoms. The molecule has 1 aliphatic rings. The van der Waals surface area contributed by atoms with Gasteiger partial charge in [0.25, 0.3) is 0 Å². The van der Waals surface area contributed by atoms with Crippen molar-refractivity contribution < 1.29 is 14.6 Å². The van der Waals surface area contributed by atoms with E-state index < -0.39 is 5.97 Å². The molecule has 0 atom stereocenters. The fourth-order valence-electron chi connectivity index (χ4n) is 3.67. The quantitative estimate of drug-likeness (QED) is 0.758. The van der Waals surface area contributed by atoms with Crippen molar-refractivity contribution in [1.29, 1.82) is 0 Å². The highest BCUT2D eigenvalue weighted by Crippen LogP contribution is 2.35. The Hall–Kier alpha value is -2.96. The van der Waals surface area contributed by atoms with Gasteiger partial charge in [-0.05, 0) is 30.5 Å². The van der Waals surface area contributed by atoms with Gasteiger partial charge >= 0.3 is 5.97 Å². The minimum Gasteiger partial charge on any atom is -0.497 e. The Morgan fingerprint density at radius 1 is 1.23 bits per heavy atom. The van der Waals surface area contributed by atoms with Crippen molar-refractivity contribution in [2.45, 2.75) is 38.1 Å². The van der Waals surface area contributed by atoms with Crippen LogP contribution in [0.25, 0.3) is 11.2 Å². The van der Waals surface area contributed by atoms with Gasteiger partial charge in [-0.2, -0.15) is 0 Å². The summed E-state index contributed by atoms with van der Waals surface area (Å²) in [7, 11) is 1.64. The monoisotopic (exact) mass is 352 g/mol. The normalized spacial score (nSPS) is 14.8. The Balaban J connectivity index is 1.83. The summed E-state index contributed by atoms with van der Waals surface area (Å²) >= 11 is 0. The van der Waals surface area contributed by atoms with Crippen LogP contribution in [0.2, 0.25) is 0 Å². The van der Waals surface area contributed by atoms with Crippen LogP contribution >= 0.6 is 0 Å². The molecule has 7 nitrogen and oxygen atoms in total. The largest absolute Gasteiger partial charge is 0.497 e. The van der Waals surface area contributed by atoms with Gasteiger partial charge in [-0.25, -0.2) is 19.7 Å². The van der Waals surface area contributed by atoms with E-state index in [1.807, 2.05) is 28.8 Å². The Morgan fingerprint density at radius 3 is 2.62 bits per heavy atom. The van der Waals surface area contributed by atoms with Crippen LogP contribution < -0.4 is 4.74 Å². The summed E-state index contributed by atoms with van der Waals surface area (Å²) in [4.78, 5) is 24.5. The lowest BCUT2D eigenvalue weighted by atomic mass is 10.1. The predicted molar refractivity (Wildman–Crippen MR) is 95.6 cm³/mol. The number of rotatable bonds is 5. The second kappa shape index (κ2) is 6.74. The van der Waals surface area contributed by atoms with Crippen LogP contribution in [0.4, 0.5) is 0 Å². The maximum absolute atomic E-state index is 11.5. The summed E-state index contributed by atoms with van der Waals surface area (Å²) in [5.41, 5.74) is 1.99. The molecule has 3 aromatic rings. The zero-order valence-electron chi connectivity index (χ0n) is 14.6. The minimum atomic E-state index is -1.08. The molecule has 1 N–H and O–H groups in total. The minimum absolute atomic E-state index is 0.0391. The second-order valence-electron chi connectivity index (χ2n) is 6.59. The molecule has 0 bridgehead atoms. The van der Waals surface area contributed by atoms with Crippen molar-refractivity contribution in [3.8, 4) is 5.75 Å². The van der Waals surface area contributed by atoms with Crippen LogP contribution in [0.5, 0.6) is 5.75 Å². The van der Waals surface area contributed by atoms with E-state index in [1.54, 1.807) is 7.11 Å². The van der Waals surface area contributed by atoms with Crippen LogP contribution in [0, 0.1) is 0 Å². The summed E-state index contributed by atoms with van der Waals surface area (Å²) < 4.78 is 7.26. The molecule has 4 rings (SSSR count). The fraction of sp³-hybridized carbons (Fsp3) is 0.368. The average molecular weight is 352 g/mol. The van der Waals surface area contributed by atoms with Gasteiger partial charge in [-0.15, -0.1) is 0 Å². The van der Waals surface area contributed by atoms with Crippen molar-refractivity contribution in [1.82, 2.24) is 19.5 Å². The van der Waals surface area contributed by atoms with E-state index in [0.717, 1.165) is 30.0 Å². The van der Waals surface area contributed by atoms with Gasteiger partial charge in [0, 0.05) is 5.92 Å². The highest BCUT2D eigenvalue weighted by Gasteiger charge is 2.26. The molecule has 2 heterocycles. The molecule has 0 unspecified atom stereocenters. The van der Waals surface area contributed by atoms with Crippen molar-refractivity contribution in [2.75, 3.05) is 7.11 Å². The van der Waals surface area contributed by atoms with Gasteiger partial charge in [0.1, 0.15) is 23.4 Å². The number of aromatic nitrogens is 4. The number of carboxylic acid groups (broad SMARTS) is 1. The first-order valence-corrected chi connectivity index (χ1v) is 8.74. The van der Waals surface area contributed by atoms with Crippen molar-refractivity contribution in [3.05, 3.63) is 47.7 Å². The number of carboxylic acids is 1. The number of methoxy groups -OCH3 is 1. The van der Waals surface area contributed by atoms with Gasteiger partial charge in [0.15, 0.2) is 11.3 Å². The molecular formula is C19H20N4O3. The number of nitrogens with zero attached hydrogens (tertiary/aromatic N) is 4. The van der Waals surface area contributed by atoms with Gasteiger partial charge in [-0.1, -0.05) is 25.0 Å². The Bertz CT molecular complexity index is 943. The number of imidazole rings is 1. The third kappa shape index (κ3) is 2.89. The molecule has 134 valence electrons. The molecule has 0 aliphatic heterocycles. The first-order valence-electron chi connectivity index (χ1n) is 8.74. The molecule has 1 saturated carbocycles. The molecule has 1 fully saturated rings. The van der Waals surface area contributed by atoms with E-state index in [0.29, 0.717) is 23.6 Å². The third-order valence-electron chi connectivity index (χ3n) is 4.98. The third-order valence-corrected chi connectivity index (χ3v) is 4.98. The average Bonchev–Trinajstić information content (AvgIpc) is 3.30. The Labute approximate surface area is 150 Å². The molecule has 1 aromatic carbocycles. The number of hydrogen-bond acceptors (Lipinski definition) is 5. The van der Waals surface area contributed by atoms with Gasteiger partial charge in [0.2, 0.25) is 0 Å². The fourth-order valence-corrected chi connectivity index (χ4v) is 3.67. The highest BCUT2D eigenvalue weighted by atomic mass is 16.5. The molecule has 26 heavy (non-hydrogen) atoms. The van der Waals surface area contributed by atoms with Crippen molar-refractivity contribution in [3.63, 3.8) is 0 Å². The molecule has 0 spiro atoms. The molecule has 2 aromatic heterocycles. The van der Waals surface area contributed by atoms with Crippen LogP contribution in [0.3, 0.4) is 0 Å². The van der Waals surface area contributed by atoms with Crippen LogP contribution in [0.15, 0.2) is 30.6 Å². The maximum atomic E-state index is 11.5. The van der Waals surface area contributed by atoms with Gasteiger partial charge < -0.3 is 14.4 Å². The van der Waals surface area contributed by atoms with E-state index in [-0.39, 0.29) is 5.69 Å². The zero-order chi connectivity index (χ0) is 18.1. The predicted octanol–water partition coefficient (Wildman–Crippen LogP) is 3.24. The zero-order valence-corrected chi connectivity index (χ0v) is 14.6. The lowest BCUT2D eigenvalue weighted by Crippen LogP contribution is -2.09. The van der Waals surface area contributed by atoms with Crippen molar-refractivity contribution in [2.24, 2.45) is 0 Å². The van der Waals surface area contributed by atoms with Crippen LogP contribution in [0.1, 0.15) is 53.5 Å². The number of fused-ring (bicyclic) bond motifs is 1. The lowest BCUT2D eigenvalue weighted by Gasteiger charge is -2.13. The Kier molecular flexibility index (Phi) is 4.28. The second-order valence-corrected chi connectivity index (χ2v) is 6.59. The number of ether oxygens (including phenoxy) is 1. The lowest BCUT2D eigenvalue weighted by molar-refractivity contribution is 0.0692. The van der Waals surface area contributed by atoms with Crippen LogP contribution in [-0.4, -0.2) is 37.7 Å². The smallest absolute Gasteiger partial charge is 0.356 e. The summed E-state index contributed by atoms with van der Waals surface area (Å²) in [6, 6.07) is 7.84. The van der Waals surface area contributed by atoms with E-state index in [2.05, 4.69) is 15.0 Å². The molecule has 0 radical (unpaired) electrons. The number of benzene rings is 1. The Morgan fingerprint density at radius 2 is 1.96 bits per heavy atom. The van der Waals surface area contributed by atoms with Crippen LogP contribution in [-0.2, 0) is 6.54 Å². The summed E-state index contributed by atoms with van der Waals surface area (Å²) in [6.45, 7) is 0.586. The topological polar surface area (TPSA) is 90.1 Å². The molecule has 1 aliphatic carbocycles. The number of aromatic carboxylic acids is 1. The highest BCUT2D eigenvalue weighted by molar-refractivity contribution is 5.97. The van der Waals surface area contributed by atoms with Crippen molar-refractivity contribution >= 4 is 17.1 Å². The number of hydrogen-bond donors (Lipinski definition) is 1. The number of carbonyl (C=O) groups is 1. The summed E-state index contributed by atoms with van der Waals surface area (Å²) in [5.74, 6) is 0.973. The molecule has 0 saturated heterocycles. The first-order chi connectivity index (χ1) is 12.7. The van der Waals surface area contributed by atoms with E-state index in [4.69, 9.17) is 4.74 Å². The molecular weight excluding hydrogens is 332 g/mol. The summed E-state index contributed by atoms with van der Waals surface area (Å²) in [6.07, 6.45) is 5.79. The maximum Gasteiger partial charge on any atom is 0.356 e. The standard InChI is InChI=1S/C19H20N4O3/c1-26-14-8-6-12(7-9-14)10-23-17(13-4-2-3-5-13)22-15-16(19(24)25)20-11-21-18(15)23/h6-9,11,13H,2-5,10H2,1H3,(H,24,25). The summed E-state index contributed by atoms with van der Waals surface area (Å²) in [5, 5.41) is 9.44. The van der Waals surface area contributed by atoms with E-state index in [9.17, 15) is 9.90 Å². The first kappa shape index (κ1) is 16.5. The van der Waals surface area contributed by atoms with E-state index >= 15 is 0 Å². The SMILES string of the molecule is COc1ccc(Cn2c(C3CCCC3)nc3c(C(=O)O)ncnc32)cc1. The molecule has 0 amide bonds. The van der Waals surface area contributed by atoms with Gasteiger partial charge in [0.05, 0.1) is 13.7 Å². The van der Waals surface area contributed by atoms with E-state index in [1.165, 1.54) is 19.2 Å². The van der Waals surface area contributed by atoms with Gasteiger partial charge in [-0.3, -0.25) is 0 Å².